The number of piperidine rings is 1. The normalized spacial score (nSPS) is 24.8. The van der Waals surface area contributed by atoms with Crippen molar-refractivity contribution in [3.05, 3.63) is 35.4 Å². The van der Waals surface area contributed by atoms with Crippen LogP contribution in [0.15, 0.2) is 24.3 Å². The highest BCUT2D eigenvalue weighted by Crippen LogP contribution is 2.22. The fourth-order valence-corrected chi connectivity index (χ4v) is 3.13. The van der Waals surface area contributed by atoms with Gasteiger partial charge in [-0.1, -0.05) is 24.3 Å². The Morgan fingerprint density at radius 2 is 1.94 bits per heavy atom. The van der Waals surface area contributed by atoms with Crippen molar-refractivity contribution >= 4 is 0 Å². The Morgan fingerprint density at radius 3 is 2.59 bits per heavy atom. The molecule has 92 valence electrons. The van der Waals surface area contributed by atoms with Crippen LogP contribution in [0.3, 0.4) is 0 Å². The van der Waals surface area contributed by atoms with Crippen molar-refractivity contribution in [1.82, 2.24) is 10.6 Å². The Kier molecular flexibility index (Phi) is 3.44. The van der Waals surface area contributed by atoms with Crippen LogP contribution in [0.5, 0.6) is 0 Å². The highest BCUT2D eigenvalue weighted by atomic mass is 14.9. The Labute approximate surface area is 104 Å². The number of benzene rings is 1. The first-order valence-electron chi connectivity index (χ1n) is 6.93. The Morgan fingerprint density at radius 1 is 1.18 bits per heavy atom. The molecule has 1 atom stereocenters. The molecule has 0 spiro atoms. The first-order chi connectivity index (χ1) is 8.42. The second kappa shape index (κ2) is 5.19. The molecule has 2 heteroatoms. The lowest BCUT2D eigenvalue weighted by Crippen LogP contribution is -2.40. The van der Waals surface area contributed by atoms with E-state index in [-0.39, 0.29) is 0 Å². The van der Waals surface area contributed by atoms with E-state index in [1.807, 2.05) is 0 Å². The van der Waals surface area contributed by atoms with Crippen LogP contribution >= 0.6 is 0 Å². The molecule has 17 heavy (non-hydrogen) atoms. The van der Waals surface area contributed by atoms with Gasteiger partial charge in [-0.15, -0.1) is 0 Å². The molecule has 1 aliphatic carbocycles. The van der Waals surface area contributed by atoms with Crippen LogP contribution < -0.4 is 10.6 Å². The van der Waals surface area contributed by atoms with E-state index in [0.717, 1.165) is 5.92 Å². The van der Waals surface area contributed by atoms with Gasteiger partial charge in [-0.2, -0.15) is 0 Å². The van der Waals surface area contributed by atoms with Crippen molar-refractivity contribution < 1.29 is 0 Å². The molecule has 1 aromatic rings. The molecule has 1 fully saturated rings. The molecule has 0 saturated carbocycles. The summed E-state index contributed by atoms with van der Waals surface area (Å²) >= 11 is 0. The summed E-state index contributed by atoms with van der Waals surface area (Å²) in [6.45, 7) is 3.60. The molecular formula is C15H22N2. The summed E-state index contributed by atoms with van der Waals surface area (Å²) in [4.78, 5) is 0. The van der Waals surface area contributed by atoms with Crippen molar-refractivity contribution in [3.63, 3.8) is 0 Å². The van der Waals surface area contributed by atoms with Crippen molar-refractivity contribution in [1.29, 1.82) is 0 Å². The van der Waals surface area contributed by atoms with Gasteiger partial charge in [0.2, 0.25) is 0 Å². The van der Waals surface area contributed by atoms with E-state index in [2.05, 4.69) is 34.9 Å². The van der Waals surface area contributed by atoms with Crippen molar-refractivity contribution in [2.45, 2.75) is 31.7 Å². The maximum Gasteiger partial charge on any atom is 0.0148 e. The van der Waals surface area contributed by atoms with E-state index in [1.54, 1.807) is 11.1 Å². The topological polar surface area (TPSA) is 24.1 Å². The molecule has 2 nitrogen and oxygen atoms in total. The maximum absolute atomic E-state index is 3.76. The van der Waals surface area contributed by atoms with Crippen LogP contribution in [0.4, 0.5) is 0 Å². The largest absolute Gasteiger partial charge is 0.316 e. The SMILES string of the molecule is c1ccc2c(c1)CC(NCC1CCCNC1)C2. The average Bonchev–Trinajstić information content (AvgIpc) is 2.80. The van der Waals surface area contributed by atoms with Crippen LogP contribution in [0, 0.1) is 5.92 Å². The van der Waals surface area contributed by atoms with E-state index in [9.17, 15) is 0 Å². The molecule has 3 rings (SSSR count). The van der Waals surface area contributed by atoms with Crippen LogP contribution in [0.1, 0.15) is 24.0 Å². The highest BCUT2D eigenvalue weighted by molar-refractivity contribution is 5.33. The van der Waals surface area contributed by atoms with Crippen LogP contribution in [0.2, 0.25) is 0 Å². The lowest BCUT2D eigenvalue weighted by atomic mass is 9.99. The molecule has 0 amide bonds. The third-order valence-electron chi connectivity index (χ3n) is 4.15. The van der Waals surface area contributed by atoms with Crippen molar-refractivity contribution in [2.24, 2.45) is 5.92 Å². The summed E-state index contributed by atoms with van der Waals surface area (Å²) in [5.41, 5.74) is 3.10. The molecule has 1 saturated heterocycles. The van der Waals surface area contributed by atoms with E-state index in [4.69, 9.17) is 0 Å². The van der Waals surface area contributed by atoms with Crippen LogP contribution in [-0.2, 0) is 12.8 Å². The number of nitrogens with one attached hydrogen (secondary N) is 2. The van der Waals surface area contributed by atoms with Gasteiger partial charge in [-0.3, -0.25) is 0 Å². The van der Waals surface area contributed by atoms with Gasteiger partial charge in [0.1, 0.15) is 0 Å². The average molecular weight is 230 g/mol. The summed E-state index contributed by atoms with van der Waals surface area (Å²) in [6, 6.07) is 9.55. The minimum Gasteiger partial charge on any atom is -0.316 e. The lowest BCUT2D eigenvalue weighted by Gasteiger charge is -2.24. The predicted octanol–water partition coefficient (Wildman–Crippen LogP) is 1.74. The first kappa shape index (κ1) is 11.2. The summed E-state index contributed by atoms with van der Waals surface area (Å²) in [6.07, 6.45) is 5.17. The third-order valence-corrected chi connectivity index (χ3v) is 4.15. The molecule has 2 aliphatic rings. The molecule has 2 N–H and O–H groups in total. The van der Waals surface area contributed by atoms with Crippen LogP contribution in [-0.4, -0.2) is 25.7 Å². The molecule has 1 heterocycles. The Bertz CT molecular complexity index is 344. The van der Waals surface area contributed by atoms with E-state index in [0.29, 0.717) is 6.04 Å². The quantitative estimate of drug-likeness (QED) is 0.826. The minimum atomic E-state index is 0.675. The number of rotatable bonds is 3. The Balaban J connectivity index is 1.48. The first-order valence-corrected chi connectivity index (χ1v) is 6.93. The zero-order valence-corrected chi connectivity index (χ0v) is 10.4. The predicted molar refractivity (Wildman–Crippen MR) is 71.2 cm³/mol. The molecule has 0 bridgehead atoms. The van der Waals surface area contributed by atoms with Crippen LogP contribution in [0.25, 0.3) is 0 Å². The van der Waals surface area contributed by atoms with Gasteiger partial charge < -0.3 is 10.6 Å². The van der Waals surface area contributed by atoms with Gasteiger partial charge in [0.05, 0.1) is 0 Å². The van der Waals surface area contributed by atoms with Gasteiger partial charge in [0, 0.05) is 6.04 Å². The van der Waals surface area contributed by atoms with Gasteiger partial charge in [0.25, 0.3) is 0 Å². The van der Waals surface area contributed by atoms with Crippen molar-refractivity contribution in [2.75, 3.05) is 19.6 Å². The van der Waals surface area contributed by atoms with Crippen molar-refractivity contribution in [3.8, 4) is 0 Å². The molecule has 1 unspecified atom stereocenters. The minimum absolute atomic E-state index is 0.675. The van der Waals surface area contributed by atoms with Gasteiger partial charge in [0.15, 0.2) is 0 Å². The number of hydrogen-bond acceptors (Lipinski definition) is 2. The third kappa shape index (κ3) is 2.70. The summed E-state index contributed by atoms with van der Waals surface area (Å²) in [5, 5.41) is 7.25. The van der Waals surface area contributed by atoms with Gasteiger partial charge >= 0.3 is 0 Å². The Hall–Kier alpha value is -0.860. The second-order valence-electron chi connectivity index (χ2n) is 5.49. The summed E-state index contributed by atoms with van der Waals surface area (Å²) < 4.78 is 0. The summed E-state index contributed by atoms with van der Waals surface area (Å²) in [5.74, 6) is 0.840. The molecule has 1 aliphatic heterocycles. The molecular weight excluding hydrogens is 208 g/mol. The standard InChI is InChI=1S/C15H22N2/c1-2-6-14-9-15(8-13(14)5-1)17-11-12-4-3-7-16-10-12/h1-2,5-6,12,15-17H,3-4,7-11H2. The van der Waals surface area contributed by atoms with E-state index < -0.39 is 0 Å². The second-order valence-corrected chi connectivity index (χ2v) is 5.49. The molecule has 0 aromatic heterocycles. The monoisotopic (exact) mass is 230 g/mol. The lowest BCUT2D eigenvalue weighted by molar-refractivity contribution is 0.344. The fraction of sp³-hybridized carbons (Fsp3) is 0.600. The summed E-state index contributed by atoms with van der Waals surface area (Å²) in [7, 11) is 0. The van der Waals surface area contributed by atoms with Gasteiger partial charge in [-0.25, -0.2) is 0 Å². The molecule has 0 radical (unpaired) electrons. The van der Waals surface area contributed by atoms with Gasteiger partial charge in [-0.05, 0) is 62.4 Å². The smallest absolute Gasteiger partial charge is 0.0148 e. The van der Waals surface area contributed by atoms with E-state index >= 15 is 0 Å². The zero-order valence-electron chi connectivity index (χ0n) is 10.4. The zero-order chi connectivity index (χ0) is 11.5. The van der Waals surface area contributed by atoms with E-state index in [1.165, 1.54) is 45.3 Å². The number of fused-ring (bicyclic) bond motifs is 1. The highest BCUT2D eigenvalue weighted by Gasteiger charge is 2.21. The maximum atomic E-state index is 3.76. The number of hydrogen-bond donors (Lipinski definition) is 2. The fourth-order valence-electron chi connectivity index (χ4n) is 3.13. The molecule has 1 aromatic carbocycles.